The SMILES string of the molecule is C[C@@]12C(=O)N(c3ccccc3)C(=O)[C@@H]1C[C@@H]1C(=CC[C@@H]3C(=O)N(c4ccc(-c5nc6ccccc6o5)cc4)C(=O)[C@@H]31)[C@@H]2c1ccc(O)c(F)c1. The number of aromatic hydroxyl groups is 1. The molecule has 4 aliphatic rings. The Balaban J connectivity index is 1.10. The molecule has 9 rings (SSSR count). The molecule has 3 fully saturated rings. The van der Waals surface area contributed by atoms with E-state index in [2.05, 4.69) is 4.98 Å². The number of amides is 4. The van der Waals surface area contributed by atoms with E-state index in [4.69, 9.17) is 4.42 Å². The number of rotatable bonds is 4. The predicted octanol–water partition coefficient (Wildman–Crippen LogP) is 6.77. The van der Waals surface area contributed by atoms with E-state index in [1.807, 2.05) is 30.3 Å². The number of para-hydroxylation sites is 3. The van der Waals surface area contributed by atoms with E-state index >= 15 is 0 Å². The lowest BCUT2D eigenvalue weighted by atomic mass is 9.51. The molecule has 0 bridgehead atoms. The number of oxazole rings is 1. The van der Waals surface area contributed by atoms with E-state index in [-0.39, 0.29) is 24.7 Å². The van der Waals surface area contributed by atoms with Crippen molar-refractivity contribution in [3.05, 3.63) is 120 Å². The van der Waals surface area contributed by atoms with Crippen molar-refractivity contribution in [1.82, 2.24) is 4.98 Å². The summed E-state index contributed by atoms with van der Waals surface area (Å²) in [6, 6.07) is 27.0. The summed E-state index contributed by atoms with van der Waals surface area (Å²) in [5.74, 6) is -6.08. The quantitative estimate of drug-likeness (QED) is 0.166. The molecule has 9 nitrogen and oxygen atoms in total. The highest BCUT2D eigenvalue weighted by Gasteiger charge is 2.67. The number of phenols is 1. The van der Waals surface area contributed by atoms with Crippen molar-refractivity contribution in [3.8, 4) is 17.2 Å². The van der Waals surface area contributed by atoms with E-state index in [0.717, 1.165) is 11.1 Å². The van der Waals surface area contributed by atoms with Crippen molar-refractivity contribution in [2.24, 2.45) is 29.1 Å². The second-order valence-corrected chi connectivity index (χ2v) is 13.8. The number of halogens is 1. The van der Waals surface area contributed by atoms with Gasteiger partial charge < -0.3 is 9.52 Å². The molecule has 2 aliphatic carbocycles. The van der Waals surface area contributed by atoms with Crippen LogP contribution in [0, 0.1) is 34.9 Å². The minimum atomic E-state index is -1.31. The number of allylic oxidation sites excluding steroid dienone is 2. The maximum atomic E-state index is 15.0. The molecule has 2 aliphatic heterocycles. The Hall–Kier alpha value is -5.90. The average molecular weight is 668 g/mol. The van der Waals surface area contributed by atoms with Gasteiger partial charge in [-0.15, -0.1) is 0 Å². The van der Waals surface area contributed by atoms with Crippen molar-refractivity contribution >= 4 is 46.1 Å². The van der Waals surface area contributed by atoms with Crippen molar-refractivity contribution in [1.29, 1.82) is 0 Å². The standard InChI is InChI=1S/C40H30FN3O6/c1-40-28(37(47)44(39(40)49)23-7-3-2-4-8-23)20-27-25(34(40)22-13-18-31(45)29(41)19-22)16-17-26-33(27)38(48)43(36(26)46)24-14-11-21(12-15-24)35-42-30-9-5-6-10-32(30)50-35/h2-16,18-19,26-28,33-34,45H,17,20H2,1H3/t26-,27+,28-,33-,34-,40+/m0/s1. The van der Waals surface area contributed by atoms with E-state index in [1.165, 1.54) is 21.9 Å². The maximum Gasteiger partial charge on any atom is 0.241 e. The predicted molar refractivity (Wildman–Crippen MR) is 181 cm³/mol. The van der Waals surface area contributed by atoms with Gasteiger partial charge in [0.15, 0.2) is 17.1 Å². The van der Waals surface area contributed by atoms with Crippen LogP contribution in [0.4, 0.5) is 15.8 Å². The molecule has 1 aromatic heterocycles. The van der Waals surface area contributed by atoms with Gasteiger partial charge >= 0.3 is 0 Å². The van der Waals surface area contributed by atoms with Gasteiger partial charge in [0.2, 0.25) is 29.5 Å². The fourth-order valence-electron chi connectivity index (χ4n) is 8.92. The number of hydrogen-bond acceptors (Lipinski definition) is 7. The van der Waals surface area contributed by atoms with Gasteiger partial charge in [0.1, 0.15) is 5.52 Å². The topological polar surface area (TPSA) is 121 Å². The molecule has 4 aromatic carbocycles. The second-order valence-electron chi connectivity index (χ2n) is 13.8. The lowest BCUT2D eigenvalue weighted by molar-refractivity contribution is -0.131. The molecular formula is C40H30FN3O6. The van der Waals surface area contributed by atoms with Gasteiger partial charge in [-0.2, -0.15) is 0 Å². The van der Waals surface area contributed by atoms with Gasteiger partial charge in [-0.1, -0.05) is 48.0 Å². The van der Waals surface area contributed by atoms with Crippen LogP contribution in [0.5, 0.6) is 5.75 Å². The Labute approximate surface area is 285 Å². The number of nitrogens with zero attached hydrogens (tertiary/aromatic N) is 3. The fourth-order valence-corrected chi connectivity index (χ4v) is 8.92. The molecule has 3 heterocycles. The van der Waals surface area contributed by atoms with Gasteiger partial charge in [0, 0.05) is 11.5 Å². The number of carbonyl (C=O) groups excluding carboxylic acids is 4. The van der Waals surface area contributed by atoms with Crippen LogP contribution in [-0.2, 0) is 19.2 Å². The highest BCUT2D eigenvalue weighted by molar-refractivity contribution is 6.25. The fraction of sp³-hybridized carbons (Fsp3) is 0.225. The minimum absolute atomic E-state index is 0.179. The Morgan fingerprint density at radius 3 is 2.28 bits per heavy atom. The molecule has 0 radical (unpaired) electrons. The first kappa shape index (κ1) is 30.2. The van der Waals surface area contributed by atoms with E-state index in [0.29, 0.717) is 34.0 Å². The number of benzene rings is 4. The van der Waals surface area contributed by atoms with Gasteiger partial charge in [-0.05, 0) is 91.9 Å². The van der Waals surface area contributed by atoms with Gasteiger partial charge in [0.05, 0.1) is 34.5 Å². The average Bonchev–Trinajstić information content (AvgIpc) is 3.73. The summed E-state index contributed by atoms with van der Waals surface area (Å²) in [6.07, 6.45) is 2.34. The molecule has 0 spiro atoms. The molecule has 1 saturated carbocycles. The Kier molecular flexibility index (Phi) is 6.52. The molecule has 248 valence electrons. The van der Waals surface area contributed by atoms with Crippen molar-refractivity contribution in [2.75, 3.05) is 9.80 Å². The second kappa shape index (κ2) is 10.8. The van der Waals surface area contributed by atoms with Crippen LogP contribution in [0.15, 0.2) is 113 Å². The summed E-state index contributed by atoms with van der Waals surface area (Å²) in [5, 5.41) is 10.0. The van der Waals surface area contributed by atoms with Crippen LogP contribution < -0.4 is 9.80 Å². The largest absolute Gasteiger partial charge is 0.505 e. The van der Waals surface area contributed by atoms with Gasteiger partial charge in [-0.25, -0.2) is 14.3 Å². The third-order valence-corrected chi connectivity index (χ3v) is 11.3. The smallest absolute Gasteiger partial charge is 0.241 e. The Bertz CT molecular complexity index is 2270. The molecule has 4 amide bonds. The van der Waals surface area contributed by atoms with Crippen LogP contribution in [0.3, 0.4) is 0 Å². The summed E-state index contributed by atoms with van der Waals surface area (Å²) in [5.41, 5.74) is 2.75. The van der Waals surface area contributed by atoms with E-state index in [1.54, 1.807) is 67.6 Å². The highest BCUT2D eigenvalue weighted by Crippen LogP contribution is 2.63. The first-order valence-corrected chi connectivity index (χ1v) is 16.6. The number of fused-ring (bicyclic) bond motifs is 5. The normalized spacial score (nSPS) is 27.4. The third kappa shape index (κ3) is 4.14. The molecule has 1 N–H and O–H groups in total. The van der Waals surface area contributed by atoms with Crippen molar-refractivity contribution < 1.29 is 33.1 Å². The zero-order valence-corrected chi connectivity index (χ0v) is 26.8. The highest BCUT2D eigenvalue weighted by atomic mass is 19.1. The summed E-state index contributed by atoms with van der Waals surface area (Å²) >= 11 is 0. The van der Waals surface area contributed by atoms with Gasteiger partial charge in [-0.3, -0.25) is 24.1 Å². The monoisotopic (exact) mass is 667 g/mol. The molecule has 5 aromatic rings. The summed E-state index contributed by atoms with van der Waals surface area (Å²) in [6.45, 7) is 1.74. The first-order valence-electron chi connectivity index (χ1n) is 16.6. The van der Waals surface area contributed by atoms with E-state index < -0.39 is 58.4 Å². The number of phenolic OH excluding ortho intramolecular Hbond substituents is 1. The van der Waals surface area contributed by atoms with Crippen molar-refractivity contribution in [3.63, 3.8) is 0 Å². The zero-order chi connectivity index (χ0) is 34.5. The summed E-state index contributed by atoms with van der Waals surface area (Å²) in [7, 11) is 0. The maximum absolute atomic E-state index is 15.0. The molecule has 10 heteroatoms. The molecule has 0 unspecified atom stereocenters. The Morgan fingerprint density at radius 2 is 1.54 bits per heavy atom. The van der Waals surface area contributed by atoms with Crippen LogP contribution in [0.2, 0.25) is 0 Å². The summed E-state index contributed by atoms with van der Waals surface area (Å²) < 4.78 is 20.8. The molecular weight excluding hydrogens is 637 g/mol. The number of imide groups is 2. The minimum Gasteiger partial charge on any atom is -0.505 e. The van der Waals surface area contributed by atoms with E-state index in [9.17, 15) is 28.7 Å². The first-order chi connectivity index (χ1) is 24.2. The Morgan fingerprint density at radius 1 is 0.820 bits per heavy atom. The molecule has 2 saturated heterocycles. The molecule has 6 atom stereocenters. The number of carbonyl (C=O) groups is 4. The molecule has 50 heavy (non-hydrogen) atoms. The lowest BCUT2D eigenvalue weighted by Gasteiger charge is -2.49. The van der Waals surface area contributed by atoms with Crippen LogP contribution in [0.1, 0.15) is 31.2 Å². The number of hydrogen-bond donors (Lipinski definition) is 1. The van der Waals surface area contributed by atoms with Crippen LogP contribution in [0.25, 0.3) is 22.6 Å². The van der Waals surface area contributed by atoms with Crippen LogP contribution in [-0.4, -0.2) is 33.7 Å². The zero-order valence-electron chi connectivity index (χ0n) is 26.8. The number of anilines is 2. The van der Waals surface area contributed by atoms with Crippen LogP contribution >= 0.6 is 0 Å². The number of aromatic nitrogens is 1. The van der Waals surface area contributed by atoms with Crippen molar-refractivity contribution in [2.45, 2.75) is 25.7 Å². The van der Waals surface area contributed by atoms with Gasteiger partial charge in [0.25, 0.3) is 0 Å². The third-order valence-electron chi connectivity index (χ3n) is 11.3. The summed E-state index contributed by atoms with van der Waals surface area (Å²) in [4.78, 5) is 64.1. The lowest BCUT2D eigenvalue weighted by Crippen LogP contribution is -2.48.